The van der Waals surface area contributed by atoms with Gasteiger partial charge in [-0.15, -0.1) is 0 Å². The SMILES string of the molecule is CC1CCCC1CN1C(=O)c2ccc(N)cc2C1=O. The smallest absolute Gasteiger partial charge is 0.261 e. The fraction of sp³-hybridized carbons (Fsp3) is 0.467. The van der Waals surface area contributed by atoms with Gasteiger partial charge < -0.3 is 5.73 Å². The van der Waals surface area contributed by atoms with E-state index in [2.05, 4.69) is 6.92 Å². The molecule has 1 aromatic carbocycles. The summed E-state index contributed by atoms with van der Waals surface area (Å²) in [6, 6.07) is 4.93. The van der Waals surface area contributed by atoms with Gasteiger partial charge in [-0.2, -0.15) is 0 Å². The topological polar surface area (TPSA) is 63.4 Å². The molecular formula is C15H18N2O2. The van der Waals surface area contributed by atoms with Gasteiger partial charge in [0.1, 0.15) is 0 Å². The minimum absolute atomic E-state index is 0.167. The third-order valence-electron chi connectivity index (χ3n) is 4.45. The maximum atomic E-state index is 12.3. The first-order chi connectivity index (χ1) is 9.08. The zero-order valence-corrected chi connectivity index (χ0v) is 11.1. The quantitative estimate of drug-likeness (QED) is 0.654. The molecule has 0 bridgehead atoms. The Morgan fingerprint density at radius 1 is 1.21 bits per heavy atom. The van der Waals surface area contributed by atoms with Crippen LogP contribution in [0.4, 0.5) is 5.69 Å². The van der Waals surface area contributed by atoms with Gasteiger partial charge in [0.2, 0.25) is 0 Å². The fourth-order valence-corrected chi connectivity index (χ4v) is 3.20. The number of nitrogen functional groups attached to an aromatic ring is 1. The number of fused-ring (bicyclic) bond motifs is 1. The molecule has 4 heteroatoms. The average Bonchev–Trinajstić information content (AvgIpc) is 2.88. The van der Waals surface area contributed by atoms with Gasteiger partial charge in [-0.3, -0.25) is 14.5 Å². The van der Waals surface area contributed by atoms with Crippen molar-refractivity contribution >= 4 is 17.5 Å². The van der Waals surface area contributed by atoms with E-state index in [1.54, 1.807) is 18.2 Å². The van der Waals surface area contributed by atoms with Crippen molar-refractivity contribution in [2.24, 2.45) is 11.8 Å². The second-order valence-electron chi connectivity index (χ2n) is 5.69. The monoisotopic (exact) mass is 258 g/mol. The zero-order chi connectivity index (χ0) is 13.6. The molecule has 1 saturated carbocycles. The summed E-state index contributed by atoms with van der Waals surface area (Å²) in [6.07, 6.45) is 3.50. The molecular weight excluding hydrogens is 240 g/mol. The highest BCUT2D eigenvalue weighted by Crippen LogP contribution is 2.34. The number of benzene rings is 1. The molecule has 1 fully saturated rings. The summed E-state index contributed by atoms with van der Waals surface area (Å²) in [5, 5.41) is 0. The summed E-state index contributed by atoms with van der Waals surface area (Å²) < 4.78 is 0. The minimum Gasteiger partial charge on any atom is -0.399 e. The Labute approximate surface area is 112 Å². The second-order valence-corrected chi connectivity index (χ2v) is 5.69. The van der Waals surface area contributed by atoms with E-state index in [-0.39, 0.29) is 11.8 Å². The van der Waals surface area contributed by atoms with Crippen molar-refractivity contribution in [3.05, 3.63) is 29.3 Å². The molecule has 2 atom stereocenters. The number of hydrogen-bond donors (Lipinski definition) is 1. The molecule has 2 unspecified atom stereocenters. The van der Waals surface area contributed by atoms with Crippen molar-refractivity contribution < 1.29 is 9.59 Å². The molecule has 0 spiro atoms. The zero-order valence-electron chi connectivity index (χ0n) is 11.1. The molecule has 1 aromatic rings. The molecule has 2 N–H and O–H groups in total. The van der Waals surface area contributed by atoms with E-state index in [0.717, 1.165) is 6.42 Å². The van der Waals surface area contributed by atoms with Crippen molar-refractivity contribution in [1.29, 1.82) is 0 Å². The highest BCUT2D eigenvalue weighted by molar-refractivity contribution is 6.21. The van der Waals surface area contributed by atoms with Gasteiger partial charge in [-0.1, -0.05) is 19.8 Å². The van der Waals surface area contributed by atoms with Crippen molar-refractivity contribution in [1.82, 2.24) is 4.90 Å². The molecule has 4 nitrogen and oxygen atoms in total. The Bertz CT molecular complexity index is 553. The molecule has 100 valence electrons. The van der Waals surface area contributed by atoms with E-state index in [0.29, 0.717) is 35.2 Å². The highest BCUT2D eigenvalue weighted by Gasteiger charge is 2.38. The lowest BCUT2D eigenvalue weighted by Crippen LogP contribution is -2.35. The van der Waals surface area contributed by atoms with Crippen LogP contribution in [-0.4, -0.2) is 23.3 Å². The summed E-state index contributed by atoms with van der Waals surface area (Å²) in [5.74, 6) is 0.680. The predicted molar refractivity (Wildman–Crippen MR) is 72.7 cm³/mol. The fourth-order valence-electron chi connectivity index (χ4n) is 3.20. The Morgan fingerprint density at radius 2 is 1.95 bits per heavy atom. The Hall–Kier alpha value is -1.84. The number of amides is 2. The minimum atomic E-state index is -0.189. The van der Waals surface area contributed by atoms with E-state index in [1.165, 1.54) is 17.7 Å². The molecule has 1 heterocycles. The van der Waals surface area contributed by atoms with Gasteiger partial charge in [-0.25, -0.2) is 0 Å². The molecule has 3 rings (SSSR count). The Morgan fingerprint density at radius 3 is 2.63 bits per heavy atom. The summed E-state index contributed by atoms with van der Waals surface area (Å²) in [4.78, 5) is 26.0. The first-order valence-corrected chi connectivity index (χ1v) is 6.83. The van der Waals surface area contributed by atoms with E-state index in [9.17, 15) is 9.59 Å². The third-order valence-corrected chi connectivity index (χ3v) is 4.45. The van der Waals surface area contributed by atoms with Crippen molar-refractivity contribution in [2.75, 3.05) is 12.3 Å². The lowest BCUT2D eigenvalue weighted by Gasteiger charge is -2.21. The van der Waals surface area contributed by atoms with Crippen molar-refractivity contribution in [3.8, 4) is 0 Å². The van der Waals surface area contributed by atoms with Crippen LogP contribution in [0.1, 0.15) is 46.9 Å². The van der Waals surface area contributed by atoms with Crippen molar-refractivity contribution in [2.45, 2.75) is 26.2 Å². The number of carbonyl (C=O) groups excluding carboxylic acids is 2. The Balaban J connectivity index is 1.86. The van der Waals surface area contributed by atoms with Crippen LogP contribution in [0.3, 0.4) is 0 Å². The van der Waals surface area contributed by atoms with Crippen LogP contribution in [0.2, 0.25) is 0 Å². The van der Waals surface area contributed by atoms with Crippen LogP contribution in [0, 0.1) is 11.8 Å². The number of nitrogens with two attached hydrogens (primary N) is 1. The van der Waals surface area contributed by atoms with Crippen LogP contribution >= 0.6 is 0 Å². The van der Waals surface area contributed by atoms with Crippen LogP contribution in [-0.2, 0) is 0 Å². The number of hydrogen-bond acceptors (Lipinski definition) is 3. The van der Waals surface area contributed by atoms with E-state index in [4.69, 9.17) is 5.73 Å². The van der Waals surface area contributed by atoms with Gasteiger partial charge in [0.15, 0.2) is 0 Å². The van der Waals surface area contributed by atoms with Crippen LogP contribution < -0.4 is 5.73 Å². The van der Waals surface area contributed by atoms with Gasteiger partial charge >= 0.3 is 0 Å². The third kappa shape index (κ3) is 1.91. The maximum Gasteiger partial charge on any atom is 0.261 e. The first kappa shape index (κ1) is 12.2. The van der Waals surface area contributed by atoms with Crippen molar-refractivity contribution in [3.63, 3.8) is 0 Å². The van der Waals surface area contributed by atoms with Crippen LogP contribution in [0.5, 0.6) is 0 Å². The molecule has 0 saturated heterocycles. The summed E-state index contributed by atoms with van der Waals surface area (Å²) >= 11 is 0. The molecule has 19 heavy (non-hydrogen) atoms. The number of nitrogens with zero attached hydrogens (tertiary/aromatic N) is 1. The summed E-state index contributed by atoms with van der Waals surface area (Å²) in [5.41, 5.74) is 7.16. The van der Waals surface area contributed by atoms with E-state index < -0.39 is 0 Å². The lowest BCUT2D eigenvalue weighted by molar-refractivity contribution is 0.0620. The standard InChI is InChI=1S/C15H18N2O2/c1-9-3-2-4-10(9)8-17-14(18)12-6-5-11(16)7-13(12)15(17)19/h5-7,9-10H,2-4,8,16H2,1H3. The molecule has 0 aromatic heterocycles. The molecule has 1 aliphatic heterocycles. The average molecular weight is 258 g/mol. The number of rotatable bonds is 2. The molecule has 2 amide bonds. The maximum absolute atomic E-state index is 12.3. The second kappa shape index (κ2) is 4.37. The Kier molecular flexibility index (Phi) is 2.81. The molecule has 2 aliphatic rings. The van der Waals surface area contributed by atoms with Gasteiger partial charge in [0.25, 0.3) is 11.8 Å². The number of carbonyl (C=O) groups is 2. The summed E-state index contributed by atoms with van der Waals surface area (Å²) in [6.45, 7) is 2.75. The van der Waals surface area contributed by atoms with Crippen LogP contribution in [0.25, 0.3) is 0 Å². The van der Waals surface area contributed by atoms with Crippen LogP contribution in [0.15, 0.2) is 18.2 Å². The van der Waals surface area contributed by atoms with E-state index >= 15 is 0 Å². The first-order valence-electron chi connectivity index (χ1n) is 6.83. The van der Waals surface area contributed by atoms with E-state index in [1.807, 2.05) is 0 Å². The highest BCUT2D eigenvalue weighted by atomic mass is 16.2. The normalized spacial score (nSPS) is 26.1. The lowest BCUT2D eigenvalue weighted by atomic mass is 9.97. The van der Waals surface area contributed by atoms with Gasteiger partial charge in [-0.05, 0) is 36.5 Å². The molecule has 1 aliphatic carbocycles. The number of anilines is 1. The van der Waals surface area contributed by atoms with Gasteiger partial charge in [0.05, 0.1) is 11.1 Å². The largest absolute Gasteiger partial charge is 0.399 e. The summed E-state index contributed by atoms with van der Waals surface area (Å²) in [7, 11) is 0. The molecule has 0 radical (unpaired) electrons. The number of imide groups is 1. The predicted octanol–water partition coefficient (Wildman–Crippen LogP) is 2.30. The van der Waals surface area contributed by atoms with Gasteiger partial charge in [0, 0.05) is 12.2 Å².